The Kier molecular flexibility index (Phi) is 5.14. The number of aromatic nitrogens is 1. The van der Waals surface area contributed by atoms with E-state index >= 15 is 0 Å². The quantitative estimate of drug-likeness (QED) is 0.883. The van der Waals surface area contributed by atoms with Gasteiger partial charge in [0.25, 0.3) is 5.91 Å². The van der Waals surface area contributed by atoms with E-state index in [0.717, 1.165) is 42.5 Å². The molecule has 0 bridgehead atoms. The number of carbonyl (C=O) groups excluding carboxylic acids is 1. The first-order valence-electron chi connectivity index (χ1n) is 7.57. The largest absolute Gasteiger partial charge is 0.373 e. The molecule has 0 aliphatic rings. The topological polar surface area (TPSA) is 45.2 Å². The minimum absolute atomic E-state index is 0.0741. The number of carbonyl (C=O) groups is 1. The first-order chi connectivity index (χ1) is 10.2. The minimum Gasteiger partial charge on any atom is -0.373 e. The van der Waals surface area contributed by atoms with E-state index in [9.17, 15) is 4.79 Å². The Morgan fingerprint density at radius 2 is 1.76 bits per heavy atom. The summed E-state index contributed by atoms with van der Waals surface area (Å²) in [6.45, 7) is 5.76. The van der Waals surface area contributed by atoms with E-state index in [1.165, 1.54) is 0 Å². The standard InChI is InChI=1S/C17H23N3O/c1-4-10-20(11-5-2)17(21)15-12-19-16(18-3)14-9-7-6-8-13(14)15/h6-9,12H,4-5,10-11H2,1-3H3,(H,18,19). The van der Waals surface area contributed by atoms with Gasteiger partial charge in [-0.2, -0.15) is 0 Å². The molecule has 4 heteroatoms. The van der Waals surface area contributed by atoms with Gasteiger partial charge in [0.15, 0.2) is 0 Å². The Bertz CT molecular complexity index is 618. The van der Waals surface area contributed by atoms with Crippen LogP contribution in [0.5, 0.6) is 0 Å². The number of nitrogens with zero attached hydrogens (tertiary/aromatic N) is 2. The minimum atomic E-state index is 0.0741. The van der Waals surface area contributed by atoms with Crippen LogP contribution in [0, 0.1) is 0 Å². The molecular weight excluding hydrogens is 262 g/mol. The molecule has 0 radical (unpaired) electrons. The molecule has 1 N–H and O–H groups in total. The maximum absolute atomic E-state index is 12.8. The first kappa shape index (κ1) is 15.3. The van der Waals surface area contributed by atoms with E-state index in [4.69, 9.17) is 0 Å². The van der Waals surface area contributed by atoms with E-state index in [1.807, 2.05) is 36.2 Å². The van der Waals surface area contributed by atoms with Gasteiger partial charge in [-0.25, -0.2) is 4.98 Å². The highest BCUT2D eigenvalue weighted by molar-refractivity contribution is 6.09. The van der Waals surface area contributed by atoms with Gasteiger partial charge in [-0.15, -0.1) is 0 Å². The van der Waals surface area contributed by atoms with Crippen molar-refractivity contribution in [3.8, 4) is 0 Å². The van der Waals surface area contributed by atoms with Gasteiger partial charge >= 0.3 is 0 Å². The number of pyridine rings is 1. The highest BCUT2D eigenvalue weighted by Gasteiger charge is 2.18. The van der Waals surface area contributed by atoms with Crippen molar-refractivity contribution in [2.75, 3.05) is 25.5 Å². The SMILES string of the molecule is CCCN(CCC)C(=O)c1cnc(NC)c2ccccc12. The summed E-state index contributed by atoms with van der Waals surface area (Å²) in [5.74, 6) is 0.879. The molecule has 0 aliphatic heterocycles. The van der Waals surface area contributed by atoms with Crippen molar-refractivity contribution in [2.24, 2.45) is 0 Å². The second kappa shape index (κ2) is 7.07. The predicted molar refractivity (Wildman–Crippen MR) is 87.8 cm³/mol. The lowest BCUT2D eigenvalue weighted by molar-refractivity contribution is 0.0757. The van der Waals surface area contributed by atoms with Gasteiger partial charge in [0.2, 0.25) is 0 Å². The summed E-state index contributed by atoms with van der Waals surface area (Å²) >= 11 is 0. The zero-order valence-electron chi connectivity index (χ0n) is 13.0. The van der Waals surface area contributed by atoms with Crippen LogP contribution >= 0.6 is 0 Å². The lowest BCUT2D eigenvalue weighted by atomic mass is 10.1. The van der Waals surface area contributed by atoms with Crippen LogP contribution in [-0.4, -0.2) is 35.9 Å². The molecule has 1 aromatic carbocycles. The average molecular weight is 285 g/mol. The summed E-state index contributed by atoms with van der Waals surface area (Å²) in [5.41, 5.74) is 0.687. The smallest absolute Gasteiger partial charge is 0.256 e. The Labute approximate surface area is 126 Å². The van der Waals surface area contributed by atoms with Crippen molar-refractivity contribution < 1.29 is 4.79 Å². The van der Waals surface area contributed by atoms with E-state index < -0.39 is 0 Å². The molecule has 0 unspecified atom stereocenters. The summed E-state index contributed by atoms with van der Waals surface area (Å²) < 4.78 is 0. The lowest BCUT2D eigenvalue weighted by Crippen LogP contribution is -2.32. The maximum Gasteiger partial charge on any atom is 0.256 e. The fraction of sp³-hybridized carbons (Fsp3) is 0.412. The number of nitrogens with one attached hydrogen (secondary N) is 1. The molecule has 1 heterocycles. The van der Waals surface area contributed by atoms with Crippen molar-refractivity contribution >= 4 is 22.5 Å². The van der Waals surface area contributed by atoms with Crippen LogP contribution in [0.25, 0.3) is 10.8 Å². The number of fused-ring (bicyclic) bond motifs is 1. The normalized spacial score (nSPS) is 10.6. The third-order valence-electron chi connectivity index (χ3n) is 3.54. The zero-order valence-corrected chi connectivity index (χ0v) is 13.0. The fourth-order valence-electron chi connectivity index (χ4n) is 2.59. The molecule has 0 fully saturated rings. The van der Waals surface area contributed by atoms with E-state index in [1.54, 1.807) is 6.20 Å². The van der Waals surface area contributed by atoms with Crippen LogP contribution in [0.4, 0.5) is 5.82 Å². The Balaban J connectivity index is 2.48. The second-order valence-electron chi connectivity index (χ2n) is 5.11. The molecule has 1 aromatic heterocycles. The third kappa shape index (κ3) is 3.15. The molecule has 2 rings (SSSR count). The van der Waals surface area contributed by atoms with Gasteiger partial charge < -0.3 is 10.2 Å². The van der Waals surface area contributed by atoms with Crippen LogP contribution in [0.3, 0.4) is 0 Å². The average Bonchev–Trinajstić information content (AvgIpc) is 2.53. The zero-order chi connectivity index (χ0) is 15.2. The van der Waals surface area contributed by atoms with Crippen LogP contribution in [0.15, 0.2) is 30.5 Å². The van der Waals surface area contributed by atoms with Gasteiger partial charge in [0.1, 0.15) is 5.82 Å². The number of rotatable bonds is 6. The molecule has 0 saturated heterocycles. The summed E-state index contributed by atoms with van der Waals surface area (Å²) in [4.78, 5) is 19.1. The Hall–Kier alpha value is -2.10. The number of anilines is 1. The van der Waals surface area contributed by atoms with E-state index in [-0.39, 0.29) is 5.91 Å². The highest BCUT2D eigenvalue weighted by Crippen LogP contribution is 2.25. The highest BCUT2D eigenvalue weighted by atomic mass is 16.2. The van der Waals surface area contributed by atoms with Crippen molar-refractivity contribution in [1.29, 1.82) is 0 Å². The summed E-state index contributed by atoms with van der Waals surface area (Å²) in [5, 5.41) is 5.02. The molecule has 4 nitrogen and oxygen atoms in total. The van der Waals surface area contributed by atoms with E-state index in [2.05, 4.69) is 24.1 Å². The van der Waals surface area contributed by atoms with Crippen LogP contribution in [-0.2, 0) is 0 Å². The van der Waals surface area contributed by atoms with Crippen LogP contribution < -0.4 is 5.32 Å². The number of benzene rings is 1. The molecule has 2 aromatic rings. The molecule has 21 heavy (non-hydrogen) atoms. The molecule has 0 saturated carbocycles. The number of hydrogen-bond donors (Lipinski definition) is 1. The summed E-state index contributed by atoms with van der Waals surface area (Å²) in [6, 6.07) is 7.91. The van der Waals surface area contributed by atoms with Gasteiger partial charge in [-0.1, -0.05) is 38.1 Å². The van der Waals surface area contributed by atoms with Gasteiger partial charge in [0.05, 0.1) is 5.56 Å². The molecule has 112 valence electrons. The van der Waals surface area contributed by atoms with Crippen molar-refractivity contribution in [3.05, 3.63) is 36.0 Å². The second-order valence-corrected chi connectivity index (χ2v) is 5.11. The maximum atomic E-state index is 12.8. The monoisotopic (exact) mass is 285 g/mol. The summed E-state index contributed by atoms with van der Waals surface area (Å²) in [7, 11) is 1.84. The van der Waals surface area contributed by atoms with Gasteiger partial charge in [-0.3, -0.25) is 4.79 Å². The van der Waals surface area contributed by atoms with Gasteiger partial charge in [-0.05, 0) is 18.2 Å². The van der Waals surface area contributed by atoms with Crippen LogP contribution in [0.2, 0.25) is 0 Å². The fourth-order valence-corrected chi connectivity index (χ4v) is 2.59. The van der Waals surface area contributed by atoms with Crippen LogP contribution in [0.1, 0.15) is 37.0 Å². The molecule has 0 aliphatic carbocycles. The molecule has 1 amide bonds. The Morgan fingerprint density at radius 3 is 2.33 bits per heavy atom. The lowest BCUT2D eigenvalue weighted by Gasteiger charge is -2.22. The molecule has 0 atom stereocenters. The Morgan fingerprint density at radius 1 is 1.14 bits per heavy atom. The van der Waals surface area contributed by atoms with Gasteiger partial charge in [0, 0.05) is 31.7 Å². The first-order valence-corrected chi connectivity index (χ1v) is 7.57. The van der Waals surface area contributed by atoms with Crippen molar-refractivity contribution in [2.45, 2.75) is 26.7 Å². The third-order valence-corrected chi connectivity index (χ3v) is 3.54. The summed E-state index contributed by atoms with van der Waals surface area (Å²) in [6.07, 6.45) is 3.62. The van der Waals surface area contributed by atoms with Crippen molar-refractivity contribution in [1.82, 2.24) is 9.88 Å². The molecule has 0 spiro atoms. The molecular formula is C17H23N3O. The number of amides is 1. The van der Waals surface area contributed by atoms with E-state index in [0.29, 0.717) is 5.56 Å². The number of hydrogen-bond acceptors (Lipinski definition) is 3. The predicted octanol–water partition coefficient (Wildman–Crippen LogP) is 3.54. The van der Waals surface area contributed by atoms with Crippen molar-refractivity contribution in [3.63, 3.8) is 0 Å².